The van der Waals surface area contributed by atoms with Crippen molar-refractivity contribution in [1.29, 1.82) is 0 Å². The van der Waals surface area contributed by atoms with E-state index in [1.807, 2.05) is 18.2 Å². The zero-order valence-electron chi connectivity index (χ0n) is 10.8. The molecule has 20 heavy (non-hydrogen) atoms. The molecule has 106 valence electrons. The SMILES string of the molecule is O=S(=O)(NCC1Cc2ccccc21)c1c[nH]c(CO)c1. The van der Waals surface area contributed by atoms with Crippen molar-refractivity contribution in [3.63, 3.8) is 0 Å². The molecule has 0 fully saturated rings. The molecule has 1 aromatic heterocycles. The Hall–Kier alpha value is -1.63. The van der Waals surface area contributed by atoms with Crippen molar-refractivity contribution in [2.45, 2.75) is 23.8 Å². The highest BCUT2D eigenvalue weighted by molar-refractivity contribution is 7.89. The number of nitrogens with one attached hydrogen (secondary N) is 2. The molecule has 1 aliphatic rings. The van der Waals surface area contributed by atoms with Crippen LogP contribution in [0.25, 0.3) is 0 Å². The molecule has 3 N–H and O–H groups in total. The smallest absolute Gasteiger partial charge is 0.242 e. The van der Waals surface area contributed by atoms with Gasteiger partial charge in [-0.25, -0.2) is 13.1 Å². The number of sulfonamides is 1. The molecule has 0 saturated heterocycles. The van der Waals surface area contributed by atoms with Gasteiger partial charge < -0.3 is 10.1 Å². The van der Waals surface area contributed by atoms with Gasteiger partial charge in [0.15, 0.2) is 0 Å². The van der Waals surface area contributed by atoms with Crippen molar-refractivity contribution in [3.8, 4) is 0 Å². The zero-order chi connectivity index (χ0) is 14.2. The van der Waals surface area contributed by atoms with Crippen LogP contribution in [-0.2, 0) is 23.1 Å². The number of benzene rings is 1. The van der Waals surface area contributed by atoms with Gasteiger partial charge in [0.25, 0.3) is 0 Å². The van der Waals surface area contributed by atoms with Crippen molar-refractivity contribution in [2.24, 2.45) is 0 Å². The number of aliphatic hydroxyl groups is 1. The first kappa shape index (κ1) is 13.4. The quantitative estimate of drug-likeness (QED) is 0.772. The van der Waals surface area contributed by atoms with Gasteiger partial charge in [-0.05, 0) is 23.6 Å². The van der Waals surface area contributed by atoms with Crippen LogP contribution in [0, 0.1) is 0 Å². The number of aliphatic hydroxyl groups excluding tert-OH is 1. The number of aromatic nitrogens is 1. The third-order valence-electron chi connectivity index (χ3n) is 3.68. The molecule has 1 atom stereocenters. The Labute approximate surface area is 117 Å². The van der Waals surface area contributed by atoms with Crippen LogP contribution >= 0.6 is 0 Å². The Balaban J connectivity index is 1.67. The fraction of sp³-hybridized carbons (Fsp3) is 0.286. The minimum Gasteiger partial charge on any atom is -0.390 e. The van der Waals surface area contributed by atoms with Crippen LogP contribution in [0.5, 0.6) is 0 Å². The Kier molecular flexibility index (Phi) is 3.37. The summed E-state index contributed by atoms with van der Waals surface area (Å²) in [6.07, 6.45) is 2.30. The second-order valence-corrected chi connectivity index (χ2v) is 6.74. The van der Waals surface area contributed by atoms with E-state index in [9.17, 15) is 8.42 Å². The molecule has 5 nitrogen and oxygen atoms in total. The maximum atomic E-state index is 12.1. The molecule has 1 unspecified atom stereocenters. The normalized spacial score (nSPS) is 17.6. The Morgan fingerprint density at radius 2 is 2.15 bits per heavy atom. The van der Waals surface area contributed by atoms with E-state index in [1.54, 1.807) is 0 Å². The number of rotatable bonds is 5. The number of hydrogen-bond acceptors (Lipinski definition) is 3. The topological polar surface area (TPSA) is 82.2 Å². The molecule has 1 heterocycles. The zero-order valence-corrected chi connectivity index (χ0v) is 11.7. The highest BCUT2D eigenvalue weighted by Crippen LogP contribution is 2.34. The third kappa shape index (κ3) is 2.37. The maximum Gasteiger partial charge on any atom is 0.242 e. The van der Waals surface area contributed by atoms with E-state index in [0.29, 0.717) is 12.2 Å². The highest BCUT2D eigenvalue weighted by Gasteiger charge is 2.27. The lowest BCUT2D eigenvalue weighted by Crippen LogP contribution is -2.33. The highest BCUT2D eigenvalue weighted by atomic mass is 32.2. The van der Waals surface area contributed by atoms with Gasteiger partial charge in [-0.1, -0.05) is 24.3 Å². The van der Waals surface area contributed by atoms with Crippen molar-refractivity contribution in [1.82, 2.24) is 9.71 Å². The first-order valence-corrected chi connectivity index (χ1v) is 7.94. The van der Waals surface area contributed by atoms with E-state index in [0.717, 1.165) is 6.42 Å². The molecule has 0 saturated carbocycles. The summed E-state index contributed by atoms with van der Waals surface area (Å²) >= 11 is 0. The minimum atomic E-state index is -3.52. The summed E-state index contributed by atoms with van der Waals surface area (Å²) in [6, 6.07) is 9.52. The predicted octanol–water partition coefficient (Wildman–Crippen LogP) is 1.13. The number of aromatic amines is 1. The maximum absolute atomic E-state index is 12.1. The van der Waals surface area contributed by atoms with Crippen molar-refractivity contribution < 1.29 is 13.5 Å². The van der Waals surface area contributed by atoms with E-state index in [1.165, 1.54) is 23.4 Å². The van der Waals surface area contributed by atoms with E-state index in [4.69, 9.17) is 5.11 Å². The molecule has 0 amide bonds. The molecular formula is C14H16N2O3S. The molecule has 0 bridgehead atoms. The van der Waals surface area contributed by atoms with E-state index < -0.39 is 10.0 Å². The van der Waals surface area contributed by atoms with Gasteiger partial charge in [-0.15, -0.1) is 0 Å². The molecule has 0 aliphatic heterocycles. The summed E-state index contributed by atoms with van der Waals surface area (Å²) in [5.41, 5.74) is 3.00. The van der Waals surface area contributed by atoms with E-state index >= 15 is 0 Å². The van der Waals surface area contributed by atoms with Gasteiger partial charge in [0.2, 0.25) is 10.0 Å². The lowest BCUT2D eigenvalue weighted by atomic mass is 9.78. The third-order valence-corrected chi connectivity index (χ3v) is 5.08. The van der Waals surface area contributed by atoms with Crippen LogP contribution in [0.4, 0.5) is 0 Å². The molecule has 6 heteroatoms. The summed E-state index contributed by atoms with van der Waals surface area (Å²) in [5.74, 6) is 0.247. The molecule has 0 radical (unpaired) electrons. The van der Waals surface area contributed by atoms with Crippen LogP contribution in [0.15, 0.2) is 41.4 Å². The second-order valence-electron chi connectivity index (χ2n) is 4.97. The number of fused-ring (bicyclic) bond motifs is 1. The van der Waals surface area contributed by atoms with Gasteiger partial charge >= 0.3 is 0 Å². The lowest BCUT2D eigenvalue weighted by Gasteiger charge is -2.30. The Morgan fingerprint density at radius 3 is 2.85 bits per heavy atom. The van der Waals surface area contributed by atoms with Gasteiger partial charge in [-0.3, -0.25) is 0 Å². The van der Waals surface area contributed by atoms with Crippen LogP contribution in [-0.4, -0.2) is 25.1 Å². The number of H-pyrrole nitrogens is 1. The summed E-state index contributed by atoms with van der Waals surface area (Å²) in [4.78, 5) is 2.88. The van der Waals surface area contributed by atoms with Crippen LogP contribution in [0.2, 0.25) is 0 Å². The molecule has 2 aromatic rings. The molecule has 1 aliphatic carbocycles. The van der Waals surface area contributed by atoms with Crippen molar-refractivity contribution >= 4 is 10.0 Å². The first-order chi connectivity index (χ1) is 9.60. The van der Waals surface area contributed by atoms with Gasteiger partial charge in [-0.2, -0.15) is 0 Å². The Morgan fingerprint density at radius 1 is 1.35 bits per heavy atom. The van der Waals surface area contributed by atoms with Crippen LogP contribution < -0.4 is 4.72 Å². The van der Waals surface area contributed by atoms with Gasteiger partial charge in [0, 0.05) is 24.4 Å². The molecule has 0 spiro atoms. The second kappa shape index (κ2) is 5.05. The minimum absolute atomic E-state index is 0.161. The average Bonchev–Trinajstić information content (AvgIpc) is 2.89. The van der Waals surface area contributed by atoms with Crippen molar-refractivity contribution in [3.05, 3.63) is 53.3 Å². The average molecular weight is 292 g/mol. The van der Waals surface area contributed by atoms with Crippen LogP contribution in [0.1, 0.15) is 22.7 Å². The fourth-order valence-electron chi connectivity index (χ4n) is 2.50. The number of hydrogen-bond donors (Lipinski definition) is 3. The van der Waals surface area contributed by atoms with E-state index in [2.05, 4.69) is 15.8 Å². The fourth-order valence-corrected chi connectivity index (χ4v) is 3.60. The van der Waals surface area contributed by atoms with Gasteiger partial charge in [0.1, 0.15) is 0 Å². The van der Waals surface area contributed by atoms with Gasteiger partial charge in [0.05, 0.1) is 11.5 Å². The summed E-state index contributed by atoms with van der Waals surface area (Å²) in [6.45, 7) is 0.199. The summed E-state index contributed by atoms with van der Waals surface area (Å²) < 4.78 is 26.8. The first-order valence-electron chi connectivity index (χ1n) is 6.46. The molecular weight excluding hydrogens is 276 g/mol. The standard InChI is InChI=1S/C14H16N2O3S/c17-9-12-6-13(8-15-12)20(18,19)16-7-11-5-10-3-1-2-4-14(10)11/h1-4,6,8,11,15-17H,5,7,9H2. The Bertz CT molecular complexity index is 722. The summed E-state index contributed by atoms with van der Waals surface area (Å²) in [5, 5.41) is 8.94. The van der Waals surface area contributed by atoms with Crippen molar-refractivity contribution in [2.75, 3.05) is 6.54 Å². The molecule has 1 aromatic carbocycles. The predicted molar refractivity (Wildman–Crippen MR) is 74.8 cm³/mol. The largest absolute Gasteiger partial charge is 0.390 e. The summed E-state index contributed by atoms with van der Waals surface area (Å²) in [7, 11) is -3.52. The van der Waals surface area contributed by atoms with Crippen LogP contribution in [0.3, 0.4) is 0 Å². The lowest BCUT2D eigenvalue weighted by molar-refractivity contribution is 0.277. The molecule has 3 rings (SSSR count). The monoisotopic (exact) mass is 292 g/mol. The van der Waals surface area contributed by atoms with E-state index in [-0.39, 0.29) is 17.4 Å².